The maximum Gasteiger partial charge on any atom is 0.325 e. The normalized spacial score (nSPS) is 21.4. The summed E-state index contributed by atoms with van der Waals surface area (Å²) < 4.78 is 0. The van der Waals surface area contributed by atoms with Crippen LogP contribution in [-0.4, -0.2) is 28.6 Å². The van der Waals surface area contributed by atoms with Gasteiger partial charge in [0.25, 0.3) is 0 Å². The summed E-state index contributed by atoms with van der Waals surface area (Å²) >= 11 is 0. The number of hydrogen-bond acceptors (Lipinski definition) is 3. The maximum atomic E-state index is 11.4. The van der Waals surface area contributed by atoms with Crippen molar-refractivity contribution in [1.82, 2.24) is 5.32 Å². The molecule has 1 saturated carbocycles. The van der Waals surface area contributed by atoms with Crippen molar-refractivity contribution in [1.29, 1.82) is 0 Å². The summed E-state index contributed by atoms with van der Waals surface area (Å²) in [6.07, 6.45) is 2.22. The highest BCUT2D eigenvalue weighted by Gasteiger charge is 2.40. The zero-order valence-corrected chi connectivity index (χ0v) is 7.54. The van der Waals surface area contributed by atoms with Crippen LogP contribution in [-0.2, 0) is 9.59 Å². The molecule has 0 aliphatic heterocycles. The van der Waals surface area contributed by atoms with Crippen molar-refractivity contribution in [3.05, 3.63) is 0 Å². The summed E-state index contributed by atoms with van der Waals surface area (Å²) in [4.78, 5) is 21.8. The number of amides is 1. The van der Waals surface area contributed by atoms with Crippen molar-refractivity contribution in [3.8, 4) is 0 Å². The fourth-order valence-electron chi connectivity index (χ4n) is 1.19. The van der Waals surface area contributed by atoms with Gasteiger partial charge in [-0.2, -0.15) is 0 Å². The molecule has 74 valence electrons. The minimum Gasteiger partial charge on any atom is -0.480 e. The Morgan fingerprint density at radius 2 is 2.08 bits per heavy atom. The highest BCUT2D eigenvalue weighted by Crippen LogP contribution is 2.29. The molecular formula is C8H14N2O3. The SMILES string of the molecule is C[C@H](NC(=O)C1(N)CCC1)C(=O)O. The Bertz CT molecular complexity index is 236. The van der Waals surface area contributed by atoms with Crippen molar-refractivity contribution >= 4 is 11.9 Å². The van der Waals surface area contributed by atoms with E-state index in [4.69, 9.17) is 10.8 Å². The first-order chi connectivity index (χ1) is 5.96. The van der Waals surface area contributed by atoms with Crippen LogP contribution in [0.3, 0.4) is 0 Å². The molecule has 13 heavy (non-hydrogen) atoms. The Balaban J connectivity index is 2.45. The van der Waals surface area contributed by atoms with Gasteiger partial charge < -0.3 is 16.2 Å². The summed E-state index contributed by atoms with van der Waals surface area (Å²) in [5.74, 6) is -1.40. The Hall–Kier alpha value is -1.10. The zero-order chi connectivity index (χ0) is 10.1. The highest BCUT2D eigenvalue weighted by atomic mass is 16.4. The number of aliphatic carboxylic acids is 1. The molecule has 5 heteroatoms. The van der Waals surface area contributed by atoms with Gasteiger partial charge in [-0.1, -0.05) is 0 Å². The van der Waals surface area contributed by atoms with E-state index in [0.29, 0.717) is 12.8 Å². The van der Waals surface area contributed by atoms with Crippen LogP contribution >= 0.6 is 0 Å². The van der Waals surface area contributed by atoms with Crippen LogP contribution in [0.25, 0.3) is 0 Å². The number of carbonyl (C=O) groups is 2. The molecule has 1 rings (SSSR count). The van der Waals surface area contributed by atoms with Gasteiger partial charge in [0, 0.05) is 0 Å². The number of carboxylic acids is 1. The van der Waals surface area contributed by atoms with E-state index in [1.807, 2.05) is 0 Å². The van der Waals surface area contributed by atoms with Gasteiger partial charge in [0.05, 0.1) is 5.54 Å². The Kier molecular flexibility index (Phi) is 2.56. The average molecular weight is 186 g/mol. The fourth-order valence-corrected chi connectivity index (χ4v) is 1.19. The van der Waals surface area contributed by atoms with Crippen molar-refractivity contribution in [3.63, 3.8) is 0 Å². The van der Waals surface area contributed by atoms with Gasteiger partial charge in [0.15, 0.2) is 0 Å². The van der Waals surface area contributed by atoms with Gasteiger partial charge in [-0.05, 0) is 26.2 Å². The maximum absolute atomic E-state index is 11.4. The van der Waals surface area contributed by atoms with Gasteiger partial charge in [-0.25, -0.2) is 0 Å². The number of nitrogens with one attached hydrogen (secondary N) is 1. The molecule has 0 heterocycles. The third-order valence-electron chi connectivity index (χ3n) is 2.42. The predicted molar refractivity (Wildman–Crippen MR) is 46.0 cm³/mol. The monoisotopic (exact) mass is 186 g/mol. The van der Waals surface area contributed by atoms with Crippen LogP contribution in [0.15, 0.2) is 0 Å². The zero-order valence-electron chi connectivity index (χ0n) is 7.54. The van der Waals surface area contributed by atoms with Gasteiger partial charge in [-0.15, -0.1) is 0 Å². The van der Waals surface area contributed by atoms with Crippen LogP contribution in [0.5, 0.6) is 0 Å². The van der Waals surface area contributed by atoms with Gasteiger partial charge in [0.1, 0.15) is 6.04 Å². The largest absolute Gasteiger partial charge is 0.480 e. The quantitative estimate of drug-likeness (QED) is 0.551. The molecule has 5 nitrogen and oxygen atoms in total. The molecule has 0 unspecified atom stereocenters. The van der Waals surface area contributed by atoms with E-state index in [1.165, 1.54) is 6.92 Å². The number of rotatable bonds is 3. The molecule has 1 fully saturated rings. The third-order valence-corrected chi connectivity index (χ3v) is 2.42. The average Bonchev–Trinajstić information content (AvgIpc) is 1.99. The van der Waals surface area contributed by atoms with Crippen molar-refractivity contribution in [2.24, 2.45) is 5.73 Å². The molecule has 0 bridgehead atoms. The summed E-state index contributed by atoms with van der Waals surface area (Å²) in [6, 6.07) is -0.867. The summed E-state index contributed by atoms with van der Waals surface area (Å²) in [7, 11) is 0. The van der Waals surface area contributed by atoms with E-state index >= 15 is 0 Å². The lowest BCUT2D eigenvalue weighted by molar-refractivity contribution is -0.142. The minimum atomic E-state index is -1.05. The number of hydrogen-bond donors (Lipinski definition) is 3. The van der Waals surface area contributed by atoms with Crippen LogP contribution < -0.4 is 11.1 Å². The Morgan fingerprint density at radius 3 is 2.38 bits per heavy atom. The van der Waals surface area contributed by atoms with E-state index in [-0.39, 0.29) is 5.91 Å². The first kappa shape index (κ1) is 9.98. The second kappa shape index (κ2) is 3.33. The standard InChI is InChI=1S/C8H14N2O3/c1-5(6(11)12)10-7(13)8(9)3-2-4-8/h5H,2-4,9H2,1H3,(H,10,13)(H,11,12)/t5-/m0/s1. The van der Waals surface area contributed by atoms with Gasteiger partial charge in [0.2, 0.25) is 5.91 Å². The molecule has 1 atom stereocenters. The second-order valence-corrected chi connectivity index (χ2v) is 3.54. The molecule has 1 aliphatic carbocycles. The molecule has 0 aromatic rings. The molecular weight excluding hydrogens is 172 g/mol. The third kappa shape index (κ3) is 1.98. The van der Waals surface area contributed by atoms with Crippen LogP contribution in [0.4, 0.5) is 0 Å². The lowest BCUT2D eigenvalue weighted by Crippen LogP contribution is -2.60. The molecule has 0 radical (unpaired) electrons. The van der Waals surface area contributed by atoms with Crippen LogP contribution in [0.1, 0.15) is 26.2 Å². The molecule has 0 aromatic carbocycles. The number of carbonyl (C=O) groups excluding carboxylic acids is 1. The summed E-state index contributed by atoms with van der Waals surface area (Å²) in [5.41, 5.74) is 4.87. The first-order valence-electron chi connectivity index (χ1n) is 4.28. The summed E-state index contributed by atoms with van der Waals surface area (Å²) in [6.45, 7) is 1.42. The Morgan fingerprint density at radius 1 is 1.54 bits per heavy atom. The predicted octanol–water partition coefficient (Wildman–Crippen LogP) is -0.543. The van der Waals surface area contributed by atoms with Gasteiger partial charge >= 0.3 is 5.97 Å². The fraction of sp³-hybridized carbons (Fsp3) is 0.750. The lowest BCUT2D eigenvalue weighted by Gasteiger charge is -2.36. The van der Waals surface area contributed by atoms with E-state index < -0.39 is 17.6 Å². The first-order valence-corrected chi connectivity index (χ1v) is 4.28. The smallest absolute Gasteiger partial charge is 0.325 e. The molecule has 0 spiro atoms. The highest BCUT2D eigenvalue weighted by molar-refractivity contribution is 5.90. The summed E-state index contributed by atoms with van der Waals surface area (Å²) in [5, 5.41) is 10.9. The van der Waals surface area contributed by atoms with E-state index in [1.54, 1.807) is 0 Å². The van der Waals surface area contributed by atoms with Crippen LogP contribution in [0.2, 0.25) is 0 Å². The second-order valence-electron chi connectivity index (χ2n) is 3.54. The molecule has 1 aliphatic rings. The molecule has 0 aromatic heterocycles. The van der Waals surface area contributed by atoms with Gasteiger partial charge in [-0.3, -0.25) is 9.59 Å². The molecule has 0 saturated heterocycles. The van der Waals surface area contributed by atoms with Crippen LogP contribution in [0, 0.1) is 0 Å². The van der Waals surface area contributed by atoms with E-state index in [9.17, 15) is 9.59 Å². The van der Waals surface area contributed by atoms with Crippen molar-refractivity contribution in [2.45, 2.75) is 37.8 Å². The molecule has 4 N–H and O–H groups in total. The topological polar surface area (TPSA) is 92.4 Å². The lowest BCUT2D eigenvalue weighted by atomic mass is 9.77. The number of carboxylic acid groups (broad SMARTS) is 1. The minimum absolute atomic E-state index is 0.353. The van der Waals surface area contributed by atoms with E-state index in [0.717, 1.165) is 6.42 Å². The van der Waals surface area contributed by atoms with E-state index in [2.05, 4.69) is 5.32 Å². The molecule has 1 amide bonds. The van der Waals surface area contributed by atoms with Crippen molar-refractivity contribution < 1.29 is 14.7 Å². The van der Waals surface area contributed by atoms with Crippen molar-refractivity contribution in [2.75, 3.05) is 0 Å². The number of nitrogens with two attached hydrogens (primary N) is 1. The Labute approximate surface area is 76.3 Å².